The van der Waals surface area contributed by atoms with Crippen LogP contribution in [-0.4, -0.2) is 4.98 Å². The molecule has 0 saturated heterocycles. The molecule has 3 rings (SSSR count). The van der Waals surface area contributed by atoms with Crippen molar-refractivity contribution in [2.24, 2.45) is 0 Å². The first-order chi connectivity index (χ1) is 8.79. The van der Waals surface area contributed by atoms with Crippen LogP contribution in [0.5, 0.6) is 0 Å². The first-order valence-corrected chi connectivity index (χ1v) is 6.19. The summed E-state index contributed by atoms with van der Waals surface area (Å²) in [5.41, 5.74) is 5.63. The second kappa shape index (κ2) is 4.37. The van der Waals surface area contributed by atoms with Gasteiger partial charge in [-0.3, -0.25) is 4.98 Å². The number of allylic oxidation sites excluding steroid dienone is 1. The molecule has 0 atom stereocenters. The second-order valence-corrected chi connectivity index (χ2v) is 4.50. The van der Waals surface area contributed by atoms with Gasteiger partial charge in [0.25, 0.3) is 0 Å². The van der Waals surface area contributed by atoms with E-state index >= 15 is 0 Å². The summed E-state index contributed by atoms with van der Waals surface area (Å²) in [6, 6.07) is 9.10. The topological polar surface area (TPSA) is 12.9 Å². The number of fused-ring (bicyclic) bond motifs is 2. The summed E-state index contributed by atoms with van der Waals surface area (Å²) in [5.74, 6) is -0.164. The first-order valence-electron chi connectivity index (χ1n) is 6.19. The van der Waals surface area contributed by atoms with Crippen LogP contribution in [0, 0.1) is 5.82 Å². The van der Waals surface area contributed by atoms with Crippen LogP contribution in [0.1, 0.15) is 29.3 Å². The predicted molar refractivity (Wildman–Crippen MR) is 70.8 cm³/mol. The van der Waals surface area contributed by atoms with Crippen molar-refractivity contribution in [1.29, 1.82) is 0 Å². The van der Waals surface area contributed by atoms with Crippen molar-refractivity contribution in [3.05, 3.63) is 70.8 Å². The highest BCUT2D eigenvalue weighted by atomic mass is 19.1. The molecule has 0 unspecified atom stereocenters. The maximum absolute atomic E-state index is 13.4. The van der Waals surface area contributed by atoms with Crippen molar-refractivity contribution < 1.29 is 4.39 Å². The van der Waals surface area contributed by atoms with Gasteiger partial charge < -0.3 is 0 Å². The van der Waals surface area contributed by atoms with E-state index in [9.17, 15) is 4.39 Å². The number of halogens is 1. The highest BCUT2D eigenvalue weighted by Gasteiger charge is 2.18. The Morgan fingerprint density at radius 3 is 2.89 bits per heavy atom. The Morgan fingerprint density at radius 2 is 2.06 bits per heavy atom. The number of nitrogens with zero attached hydrogens (tertiary/aromatic N) is 1. The van der Waals surface area contributed by atoms with E-state index < -0.39 is 0 Å². The van der Waals surface area contributed by atoms with Crippen LogP contribution < -0.4 is 0 Å². The SMILES string of the molecule is CC=C1c2ccc(F)cc2CCc2ncccc21. The molecular weight excluding hydrogens is 225 g/mol. The maximum Gasteiger partial charge on any atom is 0.123 e. The summed E-state index contributed by atoms with van der Waals surface area (Å²) in [5, 5.41) is 0. The van der Waals surface area contributed by atoms with Crippen molar-refractivity contribution in [3.63, 3.8) is 0 Å². The fraction of sp³-hybridized carbons (Fsp3) is 0.188. The highest BCUT2D eigenvalue weighted by molar-refractivity contribution is 5.83. The normalized spacial score (nSPS) is 16.0. The lowest BCUT2D eigenvalue weighted by Crippen LogP contribution is -1.94. The number of pyridine rings is 1. The third kappa shape index (κ3) is 1.74. The van der Waals surface area contributed by atoms with E-state index in [-0.39, 0.29) is 5.82 Å². The van der Waals surface area contributed by atoms with Crippen molar-refractivity contribution in [2.45, 2.75) is 19.8 Å². The molecule has 1 aliphatic rings. The fourth-order valence-electron chi connectivity index (χ4n) is 2.62. The van der Waals surface area contributed by atoms with E-state index in [4.69, 9.17) is 0 Å². The molecule has 2 aromatic rings. The molecule has 0 fully saturated rings. The van der Waals surface area contributed by atoms with Gasteiger partial charge in [0.2, 0.25) is 0 Å². The third-order valence-electron chi connectivity index (χ3n) is 3.46. The van der Waals surface area contributed by atoms with E-state index in [0.717, 1.165) is 35.2 Å². The molecular formula is C16H14FN. The number of benzene rings is 1. The summed E-state index contributed by atoms with van der Waals surface area (Å²) in [6.07, 6.45) is 5.61. The number of hydrogen-bond donors (Lipinski definition) is 0. The van der Waals surface area contributed by atoms with Crippen LogP contribution >= 0.6 is 0 Å². The second-order valence-electron chi connectivity index (χ2n) is 4.50. The number of rotatable bonds is 0. The van der Waals surface area contributed by atoms with Gasteiger partial charge in [0.15, 0.2) is 0 Å². The molecule has 2 heteroatoms. The molecule has 0 N–H and O–H groups in total. The molecule has 0 spiro atoms. The minimum absolute atomic E-state index is 0.164. The largest absolute Gasteiger partial charge is 0.261 e. The van der Waals surface area contributed by atoms with Gasteiger partial charge in [0, 0.05) is 17.5 Å². The van der Waals surface area contributed by atoms with Crippen LogP contribution in [0.15, 0.2) is 42.6 Å². The van der Waals surface area contributed by atoms with Gasteiger partial charge in [-0.05, 0) is 54.7 Å². The molecule has 0 radical (unpaired) electrons. The van der Waals surface area contributed by atoms with Crippen LogP contribution in [0.3, 0.4) is 0 Å². The van der Waals surface area contributed by atoms with E-state index in [0.29, 0.717) is 0 Å². The van der Waals surface area contributed by atoms with Gasteiger partial charge in [-0.1, -0.05) is 18.2 Å². The van der Waals surface area contributed by atoms with Gasteiger partial charge in [0.05, 0.1) is 0 Å². The molecule has 90 valence electrons. The van der Waals surface area contributed by atoms with E-state index in [1.54, 1.807) is 6.07 Å². The van der Waals surface area contributed by atoms with Gasteiger partial charge in [-0.25, -0.2) is 4.39 Å². The number of hydrogen-bond acceptors (Lipinski definition) is 1. The summed E-state index contributed by atoms with van der Waals surface area (Å²) >= 11 is 0. The molecule has 1 heterocycles. The average molecular weight is 239 g/mol. The lowest BCUT2D eigenvalue weighted by molar-refractivity contribution is 0.625. The molecule has 1 aromatic carbocycles. The lowest BCUT2D eigenvalue weighted by Gasteiger charge is -2.10. The van der Waals surface area contributed by atoms with Gasteiger partial charge in [-0.15, -0.1) is 0 Å². The van der Waals surface area contributed by atoms with E-state index in [1.165, 1.54) is 11.6 Å². The third-order valence-corrected chi connectivity index (χ3v) is 3.46. The van der Waals surface area contributed by atoms with Crippen molar-refractivity contribution >= 4 is 5.57 Å². The average Bonchev–Trinajstić information content (AvgIpc) is 2.55. The van der Waals surface area contributed by atoms with Crippen LogP contribution in [0.2, 0.25) is 0 Å². The molecule has 1 aliphatic carbocycles. The molecule has 1 nitrogen and oxygen atoms in total. The fourth-order valence-corrected chi connectivity index (χ4v) is 2.62. The lowest BCUT2D eigenvalue weighted by atomic mass is 9.95. The summed E-state index contributed by atoms with van der Waals surface area (Å²) < 4.78 is 13.4. The number of aromatic nitrogens is 1. The quantitative estimate of drug-likeness (QED) is 0.682. The van der Waals surface area contributed by atoms with E-state index in [2.05, 4.69) is 17.1 Å². The zero-order valence-corrected chi connectivity index (χ0v) is 10.3. The minimum atomic E-state index is -0.164. The standard InChI is InChI=1S/C16H14FN/c1-2-13-14-7-6-12(17)10-11(14)5-8-16-15(13)4-3-9-18-16/h2-4,6-7,9-10H,5,8H2,1H3. The Hall–Kier alpha value is -1.96. The smallest absolute Gasteiger partial charge is 0.123 e. The molecule has 0 amide bonds. The van der Waals surface area contributed by atoms with Crippen LogP contribution in [0.25, 0.3) is 5.57 Å². The highest BCUT2D eigenvalue weighted by Crippen LogP contribution is 2.32. The van der Waals surface area contributed by atoms with Crippen LogP contribution in [0.4, 0.5) is 4.39 Å². The Kier molecular flexibility index (Phi) is 2.71. The Bertz CT molecular complexity index is 629. The Labute approximate surface area is 106 Å². The molecule has 0 saturated carbocycles. The van der Waals surface area contributed by atoms with Gasteiger partial charge >= 0.3 is 0 Å². The first kappa shape index (κ1) is 11.1. The van der Waals surface area contributed by atoms with Gasteiger partial charge in [0.1, 0.15) is 5.82 Å². The monoisotopic (exact) mass is 239 g/mol. The minimum Gasteiger partial charge on any atom is -0.261 e. The molecule has 0 aliphatic heterocycles. The predicted octanol–water partition coefficient (Wildman–Crippen LogP) is 3.77. The van der Waals surface area contributed by atoms with Gasteiger partial charge in [-0.2, -0.15) is 0 Å². The van der Waals surface area contributed by atoms with Crippen molar-refractivity contribution in [2.75, 3.05) is 0 Å². The molecule has 1 aromatic heterocycles. The van der Waals surface area contributed by atoms with Crippen molar-refractivity contribution in [1.82, 2.24) is 4.98 Å². The zero-order valence-electron chi connectivity index (χ0n) is 10.3. The summed E-state index contributed by atoms with van der Waals surface area (Å²) in [7, 11) is 0. The summed E-state index contributed by atoms with van der Waals surface area (Å²) in [4.78, 5) is 4.45. The Balaban J connectivity index is 2.25. The number of aryl methyl sites for hydroxylation is 2. The molecule has 18 heavy (non-hydrogen) atoms. The van der Waals surface area contributed by atoms with E-state index in [1.807, 2.05) is 25.3 Å². The van der Waals surface area contributed by atoms with Crippen LogP contribution in [-0.2, 0) is 12.8 Å². The summed E-state index contributed by atoms with van der Waals surface area (Å²) in [6.45, 7) is 2.02. The zero-order chi connectivity index (χ0) is 12.5. The molecule has 0 bridgehead atoms. The maximum atomic E-state index is 13.4. The Morgan fingerprint density at radius 1 is 1.17 bits per heavy atom. The van der Waals surface area contributed by atoms with Crippen molar-refractivity contribution in [3.8, 4) is 0 Å².